The van der Waals surface area contributed by atoms with Crippen molar-refractivity contribution in [3.05, 3.63) is 71.8 Å². The lowest BCUT2D eigenvalue weighted by atomic mass is 9.93. The summed E-state index contributed by atoms with van der Waals surface area (Å²) >= 11 is 0. The van der Waals surface area contributed by atoms with Crippen LogP contribution < -0.4 is 5.32 Å². The molecule has 1 unspecified atom stereocenters. The highest BCUT2D eigenvalue weighted by molar-refractivity contribution is 5.80. The van der Waals surface area contributed by atoms with Crippen molar-refractivity contribution in [1.29, 1.82) is 0 Å². The number of carbonyl (C=O) groups is 2. The Hall–Kier alpha value is -2.62. The molecule has 154 valence electrons. The number of benzene rings is 2. The monoisotopic (exact) mass is 392 g/mol. The van der Waals surface area contributed by atoms with Crippen molar-refractivity contribution in [1.82, 2.24) is 10.2 Å². The average Bonchev–Trinajstić information content (AvgIpc) is 2.79. The summed E-state index contributed by atoms with van der Waals surface area (Å²) in [6.45, 7) is 4.20. The molecule has 1 atom stereocenters. The summed E-state index contributed by atoms with van der Waals surface area (Å²) in [5, 5.41) is 3.15. The summed E-state index contributed by atoms with van der Waals surface area (Å²) in [6.07, 6.45) is 3.82. The predicted molar refractivity (Wildman–Crippen MR) is 117 cm³/mol. The van der Waals surface area contributed by atoms with Crippen molar-refractivity contribution in [2.24, 2.45) is 5.92 Å². The highest BCUT2D eigenvalue weighted by atomic mass is 16.2. The molecule has 4 nitrogen and oxygen atoms in total. The third kappa shape index (κ3) is 6.18. The molecule has 4 heteroatoms. The van der Waals surface area contributed by atoms with E-state index in [-0.39, 0.29) is 17.7 Å². The van der Waals surface area contributed by atoms with Gasteiger partial charge in [-0.3, -0.25) is 9.59 Å². The number of amides is 2. The molecular weight excluding hydrogens is 360 g/mol. The maximum atomic E-state index is 12.6. The average molecular weight is 393 g/mol. The fraction of sp³-hybridized carbons (Fsp3) is 0.440. The number of hydrogen-bond donors (Lipinski definition) is 1. The Bertz CT molecular complexity index is 768. The van der Waals surface area contributed by atoms with Crippen molar-refractivity contribution in [3.8, 4) is 0 Å². The van der Waals surface area contributed by atoms with Crippen LogP contribution in [0.3, 0.4) is 0 Å². The van der Waals surface area contributed by atoms with Gasteiger partial charge < -0.3 is 10.2 Å². The molecular formula is C25H32N2O2. The van der Waals surface area contributed by atoms with Gasteiger partial charge in [0.05, 0.1) is 0 Å². The number of aryl methyl sites for hydroxylation is 1. The minimum Gasteiger partial charge on any atom is -0.355 e. The van der Waals surface area contributed by atoms with Crippen LogP contribution in [0.4, 0.5) is 0 Å². The second-order valence-electron chi connectivity index (χ2n) is 7.90. The molecule has 1 saturated heterocycles. The minimum atomic E-state index is 0.0152. The van der Waals surface area contributed by atoms with Gasteiger partial charge in [-0.25, -0.2) is 0 Å². The lowest BCUT2D eigenvalue weighted by Gasteiger charge is -2.31. The van der Waals surface area contributed by atoms with Crippen LogP contribution in [-0.2, 0) is 16.0 Å². The maximum absolute atomic E-state index is 12.6. The topological polar surface area (TPSA) is 49.4 Å². The third-order valence-electron chi connectivity index (χ3n) is 5.98. The molecule has 0 aliphatic carbocycles. The number of nitrogens with zero attached hydrogens (tertiary/aromatic N) is 1. The van der Waals surface area contributed by atoms with E-state index in [1.165, 1.54) is 11.1 Å². The van der Waals surface area contributed by atoms with Gasteiger partial charge in [-0.2, -0.15) is 0 Å². The van der Waals surface area contributed by atoms with Crippen LogP contribution in [0.25, 0.3) is 0 Å². The second kappa shape index (κ2) is 10.8. The molecule has 0 saturated carbocycles. The number of hydrogen-bond acceptors (Lipinski definition) is 2. The largest absolute Gasteiger partial charge is 0.355 e. The lowest BCUT2D eigenvalue weighted by Crippen LogP contribution is -2.43. The predicted octanol–water partition coefficient (Wildman–Crippen LogP) is 4.17. The van der Waals surface area contributed by atoms with E-state index in [2.05, 4.69) is 36.5 Å². The fourth-order valence-electron chi connectivity index (χ4n) is 4.04. The van der Waals surface area contributed by atoms with Crippen LogP contribution in [0.15, 0.2) is 60.7 Å². The smallest absolute Gasteiger partial charge is 0.223 e. The zero-order valence-electron chi connectivity index (χ0n) is 17.3. The van der Waals surface area contributed by atoms with E-state index in [0.717, 1.165) is 25.7 Å². The zero-order chi connectivity index (χ0) is 20.5. The van der Waals surface area contributed by atoms with E-state index in [1.54, 1.807) is 0 Å². The van der Waals surface area contributed by atoms with Crippen molar-refractivity contribution < 1.29 is 9.59 Å². The Morgan fingerprint density at radius 1 is 1.00 bits per heavy atom. The van der Waals surface area contributed by atoms with Gasteiger partial charge in [0.2, 0.25) is 11.8 Å². The third-order valence-corrected chi connectivity index (χ3v) is 5.98. The van der Waals surface area contributed by atoms with Crippen molar-refractivity contribution in [2.75, 3.05) is 19.6 Å². The van der Waals surface area contributed by atoms with Crippen molar-refractivity contribution in [2.45, 2.75) is 44.9 Å². The van der Waals surface area contributed by atoms with Crippen LogP contribution in [0, 0.1) is 5.92 Å². The highest BCUT2D eigenvalue weighted by Crippen LogP contribution is 2.21. The summed E-state index contributed by atoms with van der Waals surface area (Å²) in [6, 6.07) is 20.5. The van der Waals surface area contributed by atoms with Gasteiger partial charge in [0.15, 0.2) is 0 Å². The Kier molecular flexibility index (Phi) is 7.85. The molecule has 1 aliphatic rings. The van der Waals surface area contributed by atoms with E-state index in [0.29, 0.717) is 32.0 Å². The summed E-state index contributed by atoms with van der Waals surface area (Å²) in [7, 11) is 0. The maximum Gasteiger partial charge on any atom is 0.223 e. The first-order valence-corrected chi connectivity index (χ1v) is 10.8. The van der Waals surface area contributed by atoms with E-state index < -0.39 is 0 Å². The standard InChI is InChI=1S/C25H32N2O2/c1-2-21(22-11-7-4-8-12-22)19-26-25(29)23-15-17-27(18-16-23)24(28)14-13-20-9-5-3-6-10-20/h3-12,21,23H,2,13-19H2,1H3,(H,26,29). The first-order valence-electron chi connectivity index (χ1n) is 10.8. The van der Waals surface area contributed by atoms with Gasteiger partial charge in [-0.1, -0.05) is 67.6 Å². The quantitative estimate of drug-likeness (QED) is 0.733. The van der Waals surface area contributed by atoms with E-state index in [4.69, 9.17) is 0 Å². The molecule has 1 aliphatic heterocycles. The Labute approximate surface area is 174 Å². The first-order chi connectivity index (χ1) is 14.2. The van der Waals surface area contributed by atoms with Crippen molar-refractivity contribution >= 4 is 11.8 Å². The van der Waals surface area contributed by atoms with Gasteiger partial charge in [-0.15, -0.1) is 0 Å². The highest BCUT2D eigenvalue weighted by Gasteiger charge is 2.27. The number of carbonyl (C=O) groups excluding carboxylic acids is 2. The van der Waals surface area contributed by atoms with Gasteiger partial charge in [0, 0.05) is 37.9 Å². The summed E-state index contributed by atoms with van der Waals surface area (Å²) in [5.41, 5.74) is 2.47. The molecule has 29 heavy (non-hydrogen) atoms. The molecule has 0 spiro atoms. The van der Waals surface area contributed by atoms with Gasteiger partial charge >= 0.3 is 0 Å². The lowest BCUT2D eigenvalue weighted by molar-refractivity contribution is -0.135. The number of piperidine rings is 1. The van der Waals surface area contributed by atoms with Crippen LogP contribution >= 0.6 is 0 Å². The first kappa shape index (κ1) is 21.1. The van der Waals surface area contributed by atoms with Gasteiger partial charge in [0.25, 0.3) is 0 Å². The minimum absolute atomic E-state index is 0.0152. The molecule has 1 heterocycles. The van der Waals surface area contributed by atoms with Crippen LogP contribution in [-0.4, -0.2) is 36.3 Å². The van der Waals surface area contributed by atoms with Gasteiger partial charge in [-0.05, 0) is 36.8 Å². The van der Waals surface area contributed by atoms with Gasteiger partial charge in [0.1, 0.15) is 0 Å². The Morgan fingerprint density at radius 2 is 1.62 bits per heavy atom. The number of nitrogens with one attached hydrogen (secondary N) is 1. The van der Waals surface area contributed by atoms with Crippen LogP contribution in [0.2, 0.25) is 0 Å². The van der Waals surface area contributed by atoms with Crippen LogP contribution in [0.5, 0.6) is 0 Å². The summed E-state index contributed by atoms with van der Waals surface area (Å²) in [4.78, 5) is 27.0. The van der Waals surface area contributed by atoms with Crippen molar-refractivity contribution in [3.63, 3.8) is 0 Å². The SMILES string of the molecule is CCC(CNC(=O)C1CCN(C(=O)CCc2ccccc2)CC1)c1ccccc1. The molecule has 1 N–H and O–H groups in total. The molecule has 0 bridgehead atoms. The van der Waals surface area contributed by atoms with Crippen LogP contribution in [0.1, 0.15) is 49.7 Å². The summed E-state index contributed by atoms with van der Waals surface area (Å²) < 4.78 is 0. The Morgan fingerprint density at radius 3 is 2.24 bits per heavy atom. The second-order valence-corrected chi connectivity index (χ2v) is 7.90. The number of rotatable bonds is 8. The molecule has 1 fully saturated rings. The Balaban J connectivity index is 1.40. The molecule has 3 rings (SSSR count). The molecule has 2 aromatic rings. The fourth-order valence-corrected chi connectivity index (χ4v) is 4.04. The summed E-state index contributed by atoms with van der Waals surface area (Å²) in [5.74, 6) is 0.694. The van der Waals surface area contributed by atoms with E-state index in [1.807, 2.05) is 41.3 Å². The molecule has 2 aromatic carbocycles. The molecule has 0 aromatic heterocycles. The normalized spacial score (nSPS) is 15.7. The molecule has 0 radical (unpaired) electrons. The molecule has 2 amide bonds. The van der Waals surface area contributed by atoms with E-state index in [9.17, 15) is 9.59 Å². The van der Waals surface area contributed by atoms with E-state index >= 15 is 0 Å². The zero-order valence-corrected chi connectivity index (χ0v) is 17.3. The number of likely N-dealkylation sites (tertiary alicyclic amines) is 1.